The Morgan fingerprint density at radius 2 is 1.95 bits per heavy atom. The monoisotopic (exact) mass is 302 g/mol. The molecule has 0 aliphatic carbocycles. The summed E-state index contributed by atoms with van der Waals surface area (Å²) in [6, 6.07) is 0.119. The van der Waals surface area contributed by atoms with E-state index in [2.05, 4.69) is 6.92 Å². The quantitative estimate of drug-likeness (QED) is 0.845. The van der Waals surface area contributed by atoms with E-state index in [9.17, 15) is 9.59 Å². The minimum absolute atomic E-state index is 0.0361. The molecule has 2 fully saturated rings. The van der Waals surface area contributed by atoms with Gasteiger partial charge in [0.15, 0.2) is 0 Å². The summed E-state index contributed by atoms with van der Waals surface area (Å²) in [5.74, 6) is 0.0637. The molecule has 0 aromatic carbocycles. The van der Waals surface area contributed by atoms with Gasteiger partial charge in [0.05, 0.1) is 6.10 Å². The number of carboxylic acid groups (broad SMARTS) is 1. The van der Waals surface area contributed by atoms with Crippen molar-refractivity contribution in [3.63, 3.8) is 0 Å². The predicted octanol–water partition coefficient (Wildman–Crippen LogP) is 1.11. The summed E-state index contributed by atoms with van der Waals surface area (Å²) in [4.78, 5) is 26.6. The number of carboxylic acids is 1. The molecular weight excluding hydrogens is 280 g/mol. The number of urea groups is 1. The van der Waals surface area contributed by atoms with Gasteiger partial charge in [0, 0.05) is 37.2 Å². The van der Waals surface area contributed by atoms with E-state index in [0.29, 0.717) is 18.3 Å². The average molecular weight is 302 g/mol. The summed E-state index contributed by atoms with van der Waals surface area (Å²) in [6.07, 6.45) is 1.40. The second-order valence-corrected chi connectivity index (χ2v) is 6.85. The van der Waals surface area contributed by atoms with Crippen molar-refractivity contribution >= 4 is 23.8 Å². The zero-order valence-corrected chi connectivity index (χ0v) is 12.6. The number of thioether (sulfide) groups is 1. The van der Waals surface area contributed by atoms with Gasteiger partial charge in [-0.3, -0.25) is 0 Å². The van der Waals surface area contributed by atoms with Crippen LogP contribution in [0.1, 0.15) is 19.8 Å². The fraction of sp³-hybridized carbons (Fsp3) is 0.846. The van der Waals surface area contributed by atoms with Crippen LogP contribution >= 0.6 is 11.8 Å². The third-order valence-electron chi connectivity index (χ3n) is 3.67. The zero-order valence-electron chi connectivity index (χ0n) is 11.8. The molecule has 0 aromatic heterocycles. The molecule has 0 spiro atoms. The van der Waals surface area contributed by atoms with Gasteiger partial charge >= 0.3 is 12.0 Å². The van der Waals surface area contributed by atoms with Crippen molar-refractivity contribution in [2.75, 3.05) is 38.5 Å². The van der Waals surface area contributed by atoms with Crippen molar-refractivity contribution in [1.29, 1.82) is 0 Å². The molecule has 1 N–H and O–H groups in total. The number of ether oxygens (including phenoxy) is 1. The maximum atomic E-state index is 12.4. The minimum atomic E-state index is -0.941. The maximum absolute atomic E-state index is 12.4. The molecule has 7 heteroatoms. The number of amides is 2. The first-order valence-electron chi connectivity index (χ1n) is 7.05. The van der Waals surface area contributed by atoms with Crippen LogP contribution in [0.3, 0.4) is 0 Å². The van der Waals surface area contributed by atoms with Gasteiger partial charge in [0.1, 0.15) is 6.61 Å². The first-order chi connectivity index (χ1) is 9.56. The molecule has 6 nitrogen and oxygen atoms in total. The smallest absolute Gasteiger partial charge is 0.329 e. The molecular formula is C13H22N2O4S. The Bertz CT molecular complexity index is 358. The molecule has 2 aliphatic heterocycles. The number of rotatable bonds is 3. The van der Waals surface area contributed by atoms with Gasteiger partial charge in [-0.15, -0.1) is 0 Å². The fourth-order valence-electron chi connectivity index (χ4n) is 2.60. The summed E-state index contributed by atoms with van der Waals surface area (Å²) < 4.78 is 5.28. The summed E-state index contributed by atoms with van der Waals surface area (Å²) in [5.41, 5.74) is 0. The Morgan fingerprint density at radius 1 is 1.25 bits per heavy atom. The van der Waals surface area contributed by atoms with Crippen LogP contribution < -0.4 is 0 Å². The lowest BCUT2D eigenvalue weighted by molar-refractivity contribution is -0.145. The third kappa shape index (κ3) is 4.28. The highest BCUT2D eigenvalue weighted by atomic mass is 32.2. The van der Waals surface area contributed by atoms with E-state index in [1.165, 1.54) is 0 Å². The van der Waals surface area contributed by atoms with Gasteiger partial charge in [-0.2, -0.15) is 11.8 Å². The number of likely N-dealkylation sites (tertiary alicyclic amines) is 1. The van der Waals surface area contributed by atoms with Crippen LogP contribution in [0.15, 0.2) is 0 Å². The second kappa shape index (κ2) is 7.17. The van der Waals surface area contributed by atoms with Crippen LogP contribution in [0.4, 0.5) is 4.79 Å². The number of piperidine rings is 1. The Hall–Kier alpha value is -0.950. The van der Waals surface area contributed by atoms with Crippen molar-refractivity contribution in [3.8, 4) is 0 Å². The molecule has 1 atom stereocenters. The van der Waals surface area contributed by atoms with Gasteiger partial charge in [0.2, 0.25) is 0 Å². The maximum Gasteiger partial charge on any atom is 0.329 e. The Balaban J connectivity index is 1.75. The van der Waals surface area contributed by atoms with Crippen molar-refractivity contribution in [3.05, 3.63) is 0 Å². The fourth-order valence-corrected chi connectivity index (χ4v) is 3.61. The molecule has 2 amide bonds. The number of carbonyl (C=O) groups excluding carboxylic acids is 1. The lowest BCUT2D eigenvalue weighted by Gasteiger charge is -2.38. The SMILES string of the molecule is CC1CN(C(=O)N2CCC(OCC(=O)O)CC2)CCS1. The highest BCUT2D eigenvalue weighted by Gasteiger charge is 2.29. The second-order valence-electron chi connectivity index (χ2n) is 5.30. The zero-order chi connectivity index (χ0) is 14.5. The Morgan fingerprint density at radius 3 is 2.55 bits per heavy atom. The van der Waals surface area contributed by atoms with E-state index in [4.69, 9.17) is 9.84 Å². The lowest BCUT2D eigenvalue weighted by atomic mass is 10.1. The summed E-state index contributed by atoms with van der Waals surface area (Å²) in [5, 5.41) is 9.09. The summed E-state index contributed by atoms with van der Waals surface area (Å²) in [7, 11) is 0. The largest absolute Gasteiger partial charge is 0.480 e. The van der Waals surface area contributed by atoms with Crippen LogP contribution in [0.2, 0.25) is 0 Å². The van der Waals surface area contributed by atoms with Crippen molar-refractivity contribution in [1.82, 2.24) is 9.80 Å². The van der Waals surface area contributed by atoms with Gasteiger partial charge in [-0.25, -0.2) is 9.59 Å². The molecule has 2 saturated heterocycles. The van der Waals surface area contributed by atoms with Crippen LogP contribution in [-0.4, -0.2) is 76.8 Å². The lowest BCUT2D eigenvalue weighted by Crippen LogP contribution is -2.51. The molecule has 114 valence electrons. The molecule has 20 heavy (non-hydrogen) atoms. The van der Waals surface area contributed by atoms with E-state index in [0.717, 1.165) is 31.7 Å². The van der Waals surface area contributed by atoms with Crippen LogP contribution in [0.5, 0.6) is 0 Å². The van der Waals surface area contributed by atoms with Crippen LogP contribution in [0.25, 0.3) is 0 Å². The number of hydrogen-bond acceptors (Lipinski definition) is 4. The molecule has 1 unspecified atom stereocenters. The number of nitrogens with zero attached hydrogens (tertiary/aromatic N) is 2. The van der Waals surface area contributed by atoms with E-state index in [1.54, 1.807) is 0 Å². The van der Waals surface area contributed by atoms with Crippen molar-refractivity contribution in [2.45, 2.75) is 31.1 Å². The molecule has 0 radical (unpaired) electrons. The van der Waals surface area contributed by atoms with Crippen LogP contribution in [-0.2, 0) is 9.53 Å². The molecule has 0 aromatic rings. The standard InChI is InChI=1S/C13H22N2O4S/c1-10-8-15(6-7-20-10)13(18)14-4-2-11(3-5-14)19-9-12(16)17/h10-11H,2-9H2,1H3,(H,16,17). The topological polar surface area (TPSA) is 70.1 Å². The van der Waals surface area contributed by atoms with E-state index >= 15 is 0 Å². The first-order valence-corrected chi connectivity index (χ1v) is 8.10. The Labute approximate surface area is 123 Å². The number of hydrogen-bond donors (Lipinski definition) is 1. The molecule has 2 aliphatic rings. The predicted molar refractivity (Wildman–Crippen MR) is 77.1 cm³/mol. The third-order valence-corrected chi connectivity index (χ3v) is 4.80. The first kappa shape index (κ1) is 15.4. The van der Waals surface area contributed by atoms with Gasteiger partial charge in [-0.05, 0) is 12.8 Å². The highest BCUT2D eigenvalue weighted by Crippen LogP contribution is 2.21. The molecule has 0 bridgehead atoms. The highest BCUT2D eigenvalue weighted by molar-refractivity contribution is 7.99. The summed E-state index contributed by atoms with van der Waals surface area (Å²) >= 11 is 1.91. The molecule has 0 saturated carbocycles. The van der Waals surface area contributed by atoms with Crippen LogP contribution in [0, 0.1) is 0 Å². The van der Waals surface area contributed by atoms with Gasteiger partial charge in [0.25, 0.3) is 0 Å². The normalized spacial score (nSPS) is 24.8. The molecule has 2 rings (SSSR count). The van der Waals surface area contributed by atoms with Crippen molar-refractivity contribution < 1.29 is 19.4 Å². The Kier molecular flexibility index (Phi) is 5.54. The summed E-state index contributed by atoms with van der Waals surface area (Å²) in [6.45, 7) is 4.85. The van der Waals surface area contributed by atoms with E-state index in [1.807, 2.05) is 21.6 Å². The number of carbonyl (C=O) groups is 2. The number of aliphatic carboxylic acids is 1. The van der Waals surface area contributed by atoms with Gasteiger partial charge in [-0.1, -0.05) is 6.92 Å². The molecule has 2 heterocycles. The van der Waals surface area contributed by atoms with E-state index in [-0.39, 0.29) is 18.7 Å². The average Bonchev–Trinajstić information content (AvgIpc) is 2.45. The minimum Gasteiger partial charge on any atom is -0.480 e. The van der Waals surface area contributed by atoms with Gasteiger partial charge < -0.3 is 19.6 Å². The van der Waals surface area contributed by atoms with Crippen molar-refractivity contribution in [2.24, 2.45) is 0 Å². The van der Waals surface area contributed by atoms with E-state index < -0.39 is 5.97 Å².